The average molecular weight is 337 g/mol. The standard InChI is InChI=1S/C11H13ClN2O4S2/c1-6(10(15)16)4-7-2-3-8-9(5-7)19-11(14(8)12)20(13,17)18/h2-3,5-6,11H,4H2,1H3,(H,15,16)(H2,13,17,18). The van der Waals surface area contributed by atoms with E-state index in [0.717, 1.165) is 21.7 Å². The first-order valence-electron chi connectivity index (χ1n) is 5.69. The zero-order valence-electron chi connectivity index (χ0n) is 10.5. The number of primary sulfonamides is 1. The summed E-state index contributed by atoms with van der Waals surface area (Å²) in [7, 11) is -3.81. The second-order valence-corrected chi connectivity index (χ2v) is 7.98. The summed E-state index contributed by atoms with van der Waals surface area (Å²) in [5.74, 6) is -1.39. The Kier molecular flexibility index (Phi) is 4.19. The fourth-order valence-corrected chi connectivity index (χ4v) is 4.66. The van der Waals surface area contributed by atoms with Crippen LogP contribution in [-0.4, -0.2) is 24.2 Å². The lowest BCUT2D eigenvalue weighted by molar-refractivity contribution is -0.141. The molecule has 0 saturated carbocycles. The van der Waals surface area contributed by atoms with Crippen molar-refractivity contribution in [3.63, 3.8) is 0 Å². The van der Waals surface area contributed by atoms with Gasteiger partial charge in [-0.05, 0) is 24.1 Å². The number of carboxylic acid groups (broad SMARTS) is 1. The molecule has 1 aromatic rings. The number of anilines is 1. The highest BCUT2D eigenvalue weighted by Crippen LogP contribution is 2.46. The molecule has 0 fully saturated rings. The van der Waals surface area contributed by atoms with Crippen molar-refractivity contribution in [2.45, 2.75) is 22.9 Å². The Morgan fingerprint density at radius 1 is 1.60 bits per heavy atom. The number of nitrogens with zero attached hydrogens (tertiary/aromatic N) is 1. The van der Waals surface area contributed by atoms with E-state index in [1.807, 2.05) is 0 Å². The Hall–Kier alpha value is -0.960. The van der Waals surface area contributed by atoms with Crippen LogP contribution < -0.4 is 9.56 Å². The molecule has 1 aliphatic rings. The Morgan fingerprint density at radius 3 is 2.80 bits per heavy atom. The van der Waals surface area contributed by atoms with E-state index in [-0.39, 0.29) is 0 Å². The van der Waals surface area contributed by atoms with Crippen molar-refractivity contribution < 1.29 is 18.3 Å². The molecular formula is C11H13ClN2O4S2. The summed E-state index contributed by atoms with van der Waals surface area (Å²) >= 11 is 7.00. The Morgan fingerprint density at radius 2 is 2.25 bits per heavy atom. The number of carbonyl (C=O) groups is 1. The second-order valence-electron chi connectivity index (χ2n) is 4.57. The van der Waals surface area contributed by atoms with Crippen molar-refractivity contribution in [3.05, 3.63) is 23.8 Å². The van der Waals surface area contributed by atoms with Gasteiger partial charge in [0, 0.05) is 16.7 Å². The largest absolute Gasteiger partial charge is 0.481 e. The molecule has 0 aromatic heterocycles. The number of carboxylic acids is 1. The van der Waals surface area contributed by atoms with Gasteiger partial charge in [0.2, 0.25) is 14.7 Å². The molecule has 0 radical (unpaired) electrons. The van der Waals surface area contributed by atoms with E-state index in [0.29, 0.717) is 17.0 Å². The summed E-state index contributed by atoms with van der Waals surface area (Å²) in [4.78, 5) is 11.5. The highest BCUT2D eigenvalue weighted by atomic mass is 35.5. The van der Waals surface area contributed by atoms with Gasteiger partial charge in [-0.2, -0.15) is 0 Å². The third kappa shape index (κ3) is 3.03. The fraction of sp³-hybridized carbons (Fsp3) is 0.364. The molecule has 2 rings (SSSR count). The molecule has 0 bridgehead atoms. The van der Waals surface area contributed by atoms with Crippen LogP contribution in [0.25, 0.3) is 0 Å². The molecule has 2 unspecified atom stereocenters. The van der Waals surface area contributed by atoms with Gasteiger partial charge >= 0.3 is 5.97 Å². The van der Waals surface area contributed by atoms with Crippen molar-refractivity contribution in [1.29, 1.82) is 0 Å². The molecule has 20 heavy (non-hydrogen) atoms. The first-order valence-corrected chi connectivity index (χ1v) is 8.52. The van der Waals surface area contributed by atoms with Crippen molar-refractivity contribution in [1.82, 2.24) is 0 Å². The minimum absolute atomic E-state index is 0.367. The van der Waals surface area contributed by atoms with Crippen LogP contribution in [0.2, 0.25) is 0 Å². The van der Waals surface area contributed by atoms with Crippen LogP contribution in [0, 0.1) is 5.92 Å². The van der Waals surface area contributed by atoms with Crippen LogP contribution in [0.3, 0.4) is 0 Å². The maximum atomic E-state index is 11.4. The molecule has 1 aromatic carbocycles. The van der Waals surface area contributed by atoms with Crippen LogP contribution in [-0.2, 0) is 21.2 Å². The van der Waals surface area contributed by atoms with Gasteiger partial charge in [-0.15, -0.1) is 0 Å². The average Bonchev–Trinajstić information content (AvgIpc) is 2.66. The zero-order chi connectivity index (χ0) is 15.1. The van der Waals surface area contributed by atoms with E-state index in [1.54, 1.807) is 25.1 Å². The number of nitrogens with two attached hydrogens (primary N) is 1. The normalized spacial score (nSPS) is 19.8. The van der Waals surface area contributed by atoms with Gasteiger partial charge in [0.05, 0.1) is 11.6 Å². The summed E-state index contributed by atoms with van der Waals surface area (Å²) in [6, 6.07) is 5.16. The van der Waals surface area contributed by atoms with E-state index in [9.17, 15) is 13.2 Å². The molecule has 1 aliphatic heterocycles. The topological polar surface area (TPSA) is 101 Å². The molecule has 6 nitrogen and oxygen atoms in total. The maximum Gasteiger partial charge on any atom is 0.306 e. The Bertz CT molecular complexity index is 650. The molecule has 9 heteroatoms. The first-order chi connectivity index (χ1) is 9.20. The van der Waals surface area contributed by atoms with Gasteiger partial charge in [0.15, 0.2) is 0 Å². The maximum absolute atomic E-state index is 11.4. The van der Waals surface area contributed by atoms with Gasteiger partial charge in [-0.25, -0.2) is 13.6 Å². The molecule has 1 heterocycles. The molecule has 0 aliphatic carbocycles. The third-order valence-corrected chi connectivity index (χ3v) is 6.38. The minimum Gasteiger partial charge on any atom is -0.481 e. The van der Waals surface area contributed by atoms with Gasteiger partial charge in [0.1, 0.15) is 0 Å². The smallest absolute Gasteiger partial charge is 0.306 e. The van der Waals surface area contributed by atoms with Crippen LogP contribution in [0.15, 0.2) is 23.1 Å². The van der Waals surface area contributed by atoms with Crippen molar-refractivity contribution in [3.8, 4) is 0 Å². The molecule has 3 N–H and O–H groups in total. The van der Waals surface area contributed by atoms with Crippen LogP contribution in [0.5, 0.6) is 0 Å². The number of thioether (sulfide) groups is 1. The van der Waals surface area contributed by atoms with Crippen molar-refractivity contribution in [2.24, 2.45) is 11.1 Å². The minimum atomic E-state index is -3.81. The number of halogens is 1. The number of sulfonamides is 1. The summed E-state index contributed by atoms with van der Waals surface area (Å²) in [5.41, 5.74) is 1.37. The zero-order valence-corrected chi connectivity index (χ0v) is 12.9. The quantitative estimate of drug-likeness (QED) is 0.810. The summed E-state index contributed by atoms with van der Waals surface area (Å²) < 4.78 is 22.9. The Labute approximate surface area is 126 Å². The SMILES string of the molecule is CC(Cc1ccc2c(c1)SC(S(N)(=O)=O)N2Cl)C(=O)O. The van der Waals surface area contributed by atoms with Gasteiger partial charge < -0.3 is 5.11 Å². The summed E-state index contributed by atoms with van der Waals surface area (Å²) in [6.45, 7) is 1.61. The van der Waals surface area contributed by atoms with Crippen molar-refractivity contribution in [2.75, 3.05) is 4.42 Å². The van der Waals surface area contributed by atoms with E-state index in [4.69, 9.17) is 22.0 Å². The molecule has 0 spiro atoms. The second kappa shape index (κ2) is 5.44. The molecule has 0 saturated heterocycles. The number of hydrogen-bond acceptors (Lipinski definition) is 5. The molecule has 110 valence electrons. The predicted octanol–water partition coefficient (Wildman–Crippen LogP) is 1.59. The fourth-order valence-electron chi connectivity index (χ4n) is 1.86. The first kappa shape index (κ1) is 15.4. The van der Waals surface area contributed by atoms with Gasteiger partial charge in [-0.1, -0.05) is 24.8 Å². The molecular weight excluding hydrogens is 324 g/mol. The summed E-state index contributed by atoms with van der Waals surface area (Å²) in [6.07, 6.45) is 0.367. The Balaban J connectivity index is 2.26. The molecule has 2 atom stereocenters. The highest BCUT2D eigenvalue weighted by Gasteiger charge is 2.37. The van der Waals surface area contributed by atoms with Gasteiger partial charge in [-0.3, -0.25) is 9.21 Å². The number of fused-ring (bicyclic) bond motifs is 1. The number of aliphatic carboxylic acids is 1. The lowest BCUT2D eigenvalue weighted by Crippen LogP contribution is -2.33. The van der Waals surface area contributed by atoms with E-state index < -0.39 is 26.6 Å². The van der Waals surface area contributed by atoms with Crippen LogP contribution >= 0.6 is 23.5 Å². The number of hydrogen-bond donors (Lipinski definition) is 2. The number of rotatable bonds is 4. The lowest BCUT2D eigenvalue weighted by atomic mass is 10.0. The monoisotopic (exact) mass is 336 g/mol. The van der Waals surface area contributed by atoms with E-state index >= 15 is 0 Å². The third-order valence-electron chi connectivity index (χ3n) is 2.91. The highest BCUT2D eigenvalue weighted by molar-refractivity contribution is 8.13. The summed E-state index contributed by atoms with van der Waals surface area (Å²) in [5, 5.41) is 14.0. The number of benzene rings is 1. The van der Waals surface area contributed by atoms with Crippen molar-refractivity contribution >= 4 is 45.2 Å². The van der Waals surface area contributed by atoms with E-state index in [2.05, 4.69) is 0 Å². The predicted molar refractivity (Wildman–Crippen MR) is 78.0 cm³/mol. The lowest BCUT2D eigenvalue weighted by Gasteiger charge is -2.15. The van der Waals surface area contributed by atoms with E-state index in [1.165, 1.54) is 0 Å². The van der Waals surface area contributed by atoms with Crippen LogP contribution in [0.1, 0.15) is 12.5 Å². The molecule has 0 amide bonds. The van der Waals surface area contributed by atoms with Crippen LogP contribution in [0.4, 0.5) is 5.69 Å². The van der Waals surface area contributed by atoms with Gasteiger partial charge in [0.25, 0.3) is 0 Å².